The smallest absolute Gasteiger partial charge is 0.292 e. The first-order valence-electron chi connectivity index (χ1n) is 5.70. The number of H-pyrrole nitrogens is 1. The van der Waals surface area contributed by atoms with E-state index in [4.69, 9.17) is 0 Å². The lowest BCUT2D eigenvalue weighted by Gasteiger charge is -2.05. The van der Waals surface area contributed by atoms with Gasteiger partial charge in [-0.3, -0.25) is 4.79 Å². The number of rotatable bonds is 2. The number of aromatic nitrogens is 4. The van der Waals surface area contributed by atoms with Gasteiger partial charge in [0.2, 0.25) is 0 Å². The summed E-state index contributed by atoms with van der Waals surface area (Å²) in [6.45, 7) is 2.55. The second-order valence-electron chi connectivity index (χ2n) is 4.19. The lowest BCUT2D eigenvalue weighted by Crippen LogP contribution is -2.11. The molecule has 5 nitrogen and oxygen atoms in total. The summed E-state index contributed by atoms with van der Waals surface area (Å²) < 4.78 is 1.95. The van der Waals surface area contributed by atoms with Gasteiger partial charge in [0.25, 0.3) is 5.56 Å². The van der Waals surface area contributed by atoms with Gasteiger partial charge in [-0.2, -0.15) is 5.10 Å². The summed E-state index contributed by atoms with van der Waals surface area (Å²) in [6.07, 6.45) is 1.68. The number of imidazole rings is 1. The van der Waals surface area contributed by atoms with E-state index in [-0.39, 0.29) is 5.56 Å². The van der Waals surface area contributed by atoms with Crippen molar-refractivity contribution in [2.75, 3.05) is 0 Å². The van der Waals surface area contributed by atoms with Crippen LogP contribution in [-0.4, -0.2) is 19.7 Å². The fourth-order valence-electron chi connectivity index (χ4n) is 2.07. The van der Waals surface area contributed by atoms with Crippen molar-refractivity contribution in [2.45, 2.75) is 13.5 Å². The van der Waals surface area contributed by atoms with Crippen LogP contribution in [0.5, 0.6) is 0 Å². The van der Waals surface area contributed by atoms with E-state index >= 15 is 0 Å². The number of fused-ring (bicyclic) bond motifs is 1. The van der Waals surface area contributed by atoms with Crippen LogP contribution in [0, 0.1) is 6.92 Å². The predicted molar refractivity (Wildman–Crippen MR) is 68.4 cm³/mol. The first-order valence-corrected chi connectivity index (χ1v) is 5.70. The average molecular weight is 240 g/mol. The Morgan fingerprint density at radius 3 is 2.83 bits per heavy atom. The summed E-state index contributed by atoms with van der Waals surface area (Å²) in [5.41, 5.74) is 2.93. The molecule has 18 heavy (non-hydrogen) atoms. The molecule has 5 heteroatoms. The van der Waals surface area contributed by atoms with E-state index in [2.05, 4.69) is 15.2 Å². The number of hydrogen-bond acceptors (Lipinski definition) is 3. The highest BCUT2D eigenvalue weighted by molar-refractivity contribution is 5.76. The maximum Gasteiger partial charge on any atom is 0.292 e. The highest BCUT2D eigenvalue weighted by Crippen LogP contribution is 2.13. The average Bonchev–Trinajstić information content (AvgIpc) is 2.80. The SMILES string of the molecule is Cc1n[nH]c(=O)c2ncn(Cc3ccccc3)c12. The number of nitrogens with zero attached hydrogens (tertiary/aromatic N) is 3. The molecule has 0 fully saturated rings. The molecule has 0 unspecified atom stereocenters. The number of hydrogen-bond donors (Lipinski definition) is 1. The largest absolute Gasteiger partial charge is 0.324 e. The maximum absolute atomic E-state index is 11.6. The summed E-state index contributed by atoms with van der Waals surface area (Å²) in [5.74, 6) is 0. The second-order valence-corrected chi connectivity index (χ2v) is 4.19. The molecule has 0 spiro atoms. The molecule has 2 heterocycles. The van der Waals surface area contributed by atoms with Crippen molar-refractivity contribution >= 4 is 11.0 Å². The molecule has 1 aromatic carbocycles. The van der Waals surface area contributed by atoms with Gasteiger partial charge < -0.3 is 4.57 Å². The molecular weight excluding hydrogens is 228 g/mol. The molecule has 0 aliphatic carbocycles. The van der Waals surface area contributed by atoms with Gasteiger partial charge in [0, 0.05) is 6.54 Å². The normalized spacial score (nSPS) is 10.9. The minimum absolute atomic E-state index is 0.248. The first-order chi connectivity index (χ1) is 8.75. The van der Waals surface area contributed by atoms with Crippen LogP contribution < -0.4 is 5.56 Å². The quantitative estimate of drug-likeness (QED) is 0.737. The van der Waals surface area contributed by atoms with Crippen LogP contribution >= 0.6 is 0 Å². The van der Waals surface area contributed by atoms with Crippen molar-refractivity contribution in [1.29, 1.82) is 0 Å². The topological polar surface area (TPSA) is 63.6 Å². The fraction of sp³-hybridized carbons (Fsp3) is 0.154. The molecule has 0 atom stereocenters. The van der Waals surface area contributed by atoms with E-state index < -0.39 is 0 Å². The predicted octanol–water partition coefficient (Wildman–Crippen LogP) is 1.48. The first kappa shape index (κ1) is 10.7. The van der Waals surface area contributed by atoms with E-state index in [0.717, 1.165) is 16.8 Å². The summed E-state index contributed by atoms with van der Waals surface area (Å²) in [4.78, 5) is 15.8. The van der Waals surface area contributed by atoms with Gasteiger partial charge in [-0.05, 0) is 12.5 Å². The number of nitrogens with one attached hydrogen (secondary N) is 1. The van der Waals surface area contributed by atoms with Crippen LogP contribution in [0.3, 0.4) is 0 Å². The Labute approximate surface area is 103 Å². The van der Waals surface area contributed by atoms with E-state index in [0.29, 0.717) is 12.1 Å². The highest BCUT2D eigenvalue weighted by atomic mass is 16.1. The monoisotopic (exact) mass is 240 g/mol. The summed E-state index contributed by atoms with van der Waals surface area (Å²) in [5, 5.41) is 6.42. The maximum atomic E-state index is 11.6. The van der Waals surface area contributed by atoms with Crippen LogP contribution in [0.15, 0.2) is 41.5 Å². The van der Waals surface area contributed by atoms with E-state index in [1.165, 1.54) is 0 Å². The summed E-state index contributed by atoms with van der Waals surface area (Å²) >= 11 is 0. The molecule has 1 N–H and O–H groups in total. The van der Waals surface area contributed by atoms with Crippen molar-refractivity contribution in [3.63, 3.8) is 0 Å². The molecule has 90 valence electrons. The van der Waals surface area contributed by atoms with Crippen molar-refractivity contribution in [3.8, 4) is 0 Å². The fourth-order valence-corrected chi connectivity index (χ4v) is 2.07. The van der Waals surface area contributed by atoms with Gasteiger partial charge in [-0.25, -0.2) is 10.1 Å². The Hall–Kier alpha value is -2.43. The van der Waals surface area contributed by atoms with Crippen LogP contribution in [0.4, 0.5) is 0 Å². The van der Waals surface area contributed by atoms with E-state index in [1.54, 1.807) is 6.33 Å². The number of aromatic amines is 1. The third-order valence-electron chi connectivity index (χ3n) is 2.92. The van der Waals surface area contributed by atoms with E-state index in [1.807, 2.05) is 41.8 Å². The van der Waals surface area contributed by atoms with Gasteiger partial charge >= 0.3 is 0 Å². The molecule has 0 amide bonds. The number of aryl methyl sites for hydroxylation is 1. The van der Waals surface area contributed by atoms with Crippen molar-refractivity contribution in [1.82, 2.24) is 19.7 Å². The lowest BCUT2D eigenvalue weighted by molar-refractivity contribution is 0.815. The highest BCUT2D eigenvalue weighted by Gasteiger charge is 2.10. The molecule has 0 aliphatic heterocycles. The molecule has 2 aromatic heterocycles. The Bertz CT molecular complexity index is 743. The third kappa shape index (κ3) is 1.69. The zero-order valence-electron chi connectivity index (χ0n) is 9.92. The Morgan fingerprint density at radius 1 is 1.28 bits per heavy atom. The van der Waals surface area contributed by atoms with Gasteiger partial charge in [-0.1, -0.05) is 30.3 Å². The van der Waals surface area contributed by atoms with Crippen LogP contribution in [0.25, 0.3) is 11.0 Å². The molecule has 0 saturated heterocycles. The van der Waals surface area contributed by atoms with Gasteiger partial charge in [0.05, 0.1) is 17.5 Å². The van der Waals surface area contributed by atoms with Crippen LogP contribution in [0.2, 0.25) is 0 Å². The van der Waals surface area contributed by atoms with Crippen LogP contribution in [0.1, 0.15) is 11.3 Å². The van der Waals surface area contributed by atoms with Gasteiger partial charge in [0.1, 0.15) is 0 Å². The molecular formula is C13H12N4O. The van der Waals surface area contributed by atoms with E-state index in [9.17, 15) is 4.79 Å². The molecule has 0 aliphatic rings. The van der Waals surface area contributed by atoms with Crippen molar-refractivity contribution in [2.24, 2.45) is 0 Å². The van der Waals surface area contributed by atoms with Gasteiger partial charge in [-0.15, -0.1) is 0 Å². The zero-order valence-corrected chi connectivity index (χ0v) is 9.92. The third-order valence-corrected chi connectivity index (χ3v) is 2.92. The lowest BCUT2D eigenvalue weighted by atomic mass is 10.2. The van der Waals surface area contributed by atoms with Gasteiger partial charge in [0.15, 0.2) is 5.52 Å². The van der Waals surface area contributed by atoms with Crippen molar-refractivity contribution < 1.29 is 0 Å². The Morgan fingerprint density at radius 2 is 2.06 bits per heavy atom. The minimum Gasteiger partial charge on any atom is -0.324 e. The summed E-state index contributed by atoms with van der Waals surface area (Å²) in [6, 6.07) is 10.1. The molecule has 0 radical (unpaired) electrons. The standard InChI is InChI=1S/C13H12N4O/c1-9-12-11(13(18)16-15-9)14-8-17(12)7-10-5-3-2-4-6-10/h2-6,8H,7H2,1H3,(H,16,18). The minimum atomic E-state index is -0.248. The molecule has 0 saturated carbocycles. The van der Waals surface area contributed by atoms with Crippen molar-refractivity contribution in [3.05, 3.63) is 58.3 Å². The number of benzene rings is 1. The Kier molecular flexibility index (Phi) is 2.44. The molecule has 0 bridgehead atoms. The molecule has 3 rings (SSSR count). The second kappa shape index (κ2) is 4.10. The van der Waals surface area contributed by atoms with Crippen LogP contribution in [-0.2, 0) is 6.54 Å². The zero-order chi connectivity index (χ0) is 12.5. The molecule has 3 aromatic rings. The Balaban J connectivity index is 2.14. The summed E-state index contributed by atoms with van der Waals surface area (Å²) in [7, 11) is 0.